The minimum Gasteiger partial charge on any atom is -0.506 e. The van der Waals surface area contributed by atoms with Gasteiger partial charge in [-0.3, -0.25) is 4.55 Å². The SMILES string of the molecule is Cc1ccc(O)c(N)c1CCCS(=O)(=O)O. The first-order valence-electron chi connectivity index (χ1n) is 4.83. The number of aromatic hydroxyl groups is 1. The molecule has 0 fully saturated rings. The van der Waals surface area contributed by atoms with E-state index in [1.165, 1.54) is 6.07 Å². The third-order valence-electron chi connectivity index (χ3n) is 2.40. The van der Waals surface area contributed by atoms with E-state index in [1.54, 1.807) is 6.07 Å². The minimum absolute atomic E-state index is 0.00699. The second-order valence-electron chi connectivity index (χ2n) is 3.68. The fraction of sp³-hybridized carbons (Fsp3) is 0.400. The first-order valence-corrected chi connectivity index (χ1v) is 6.44. The van der Waals surface area contributed by atoms with Gasteiger partial charge in [0, 0.05) is 0 Å². The molecule has 16 heavy (non-hydrogen) atoms. The van der Waals surface area contributed by atoms with Gasteiger partial charge in [-0.2, -0.15) is 8.42 Å². The fourth-order valence-corrected chi connectivity index (χ4v) is 2.03. The summed E-state index contributed by atoms with van der Waals surface area (Å²) >= 11 is 0. The van der Waals surface area contributed by atoms with E-state index >= 15 is 0 Å². The summed E-state index contributed by atoms with van der Waals surface area (Å²) in [5.41, 5.74) is 7.56. The van der Waals surface area contributed by atoms with Gasteiger partial charge in [0.25, 0.3) is 10.1 Å². The van der Waals surface area contributed by atoms with Crippen LogP contribution in [0.3, 0.4) is 0 Å². The highest BCUT2D eigenvalue weighted by molar-refractivity contribution is 7.85. The second-order valence-corrected chi connectivity index (χ2v) is 5.26. The molecule has 0 amide bonds. The van der Waals surface area contributed by atoms with Gasteiger partial charge in [0.1, 0.15) is 5.75 Å². The Morgan fingerprint density at radius 2 is 2.00 bits per heavy atom. The van der Waals surface area contributed by atoms with Crippen LogP contribution in [-0.2, 0) is 16.5 Å². The van der Waals surface area contributed by atoms with Gasteiger partial charge in [-0.1, -0.05) is 6.07 Å². The standard InChI is InChI=1S/C10H15NO4S/c1-7-4-5-9(12)10(11)8(7)3-2-6-16(13,14)15/h4-5,12H,2-3,6,11H2,1H3,(H,13,14,15). The van der Waals surface area contributed by atoms with Crippen LogP contribution in [0.1, 0.15) is 17.5 Å². The molecule has 0 aliphatic carbocycles. The van der Waals surface area contributed by atoms with E-state index in [0.29, 0.717) is 6.42 Å². The average molecular weight is 245 g/mol. The van der Waals surface area contributed by atoms with Crippen LogP contribution in [-0.4, -0.2) is 23.8 Å². The Morgan fingerprint density at radius 1 is 1.38 bits per heavy atom. The van der Waals surface area contributed by atoms with Crippen molar-refractivity contribution in [1.82, 2.24) is 0 Å². The smallest absolute Gasteiger partial charge is 0.264 e. The van der Waals surface area contributed by atoms with Crippen molar-refractivity contribution in [3.05, 3.63) is 23.3 Å². The number of hydrogen-bond acceptors (Lipinski definition) is 4. The summed E-state index contributed by atoms with van der Waals surface area (Å²) in [7, 11) is -3.93. The van der Waals surface area contributed by atoms with Crippen molar-refractivity contribution in [1.29, 1.82) is 0 Å². The van der Waals surface area contributed by atoms with E-state index in [2.05, 4.69) is 0 Å². The molecule has 0 bridgehead atoms. The topological polar surface area (TPSA) is 101 Å². The van der Waals surface area contributed by atoms with Crippen LogP contribution in [0.15, 0.2) is 12.1 Å². The molecule has 0 unspecified atom stereocenters. The average Bonchev–Trinajstić information content (AvgIpc) is 2.16. The van der Waals surface area contributed by atoms with Crippen LogP contribution in [0, 0.1) is 6.92 Å². The predicted molar refractivity (Wildman–Crippen MR) is 62.0 cm³/mol. The Kier molecular flexibility index (Phi) is 3.77. The van der Waals surface area contributed by atoms with Crippen LogP contribution in [0.5, 0.6) is 5.75 Å². The first-order chi connectivity index (χ1) is 7.31. The summed E-state index contributed by atoms with van der Waals surface area (Å²) in [6.07, 6.45) is 0.680. The molecular formula is C10H15NO4S. The van der Waals surface area contributed by atoms with Gasteiger partial charge in [0.2, 0.25) is 0 Å². The molecular weight excluding hydrogens is 230 g/mol. The Labute approximate surface area is 94.7 Å². The molecule has 1 aromatic rings. The van der Waals surface area contributed by atoms with Crippen LogP contribution in [0.2, 0.25) is 0 Å². The van der Waals surface area contributed by atoms with Crippen LogP contribution in [0.25, 0.3) is 0 Å². The summed E-state index contributed by atoms with van der Waals surface area (Å²) in [5, 5.41) is 9.39. The molecule has 1 rings (SSSR count). The van der Waals surface area contributed by atoms with Crippen LogP contribution >= 0.6 is 0 Å². The van der Waals surface area contributed by atoms with Crippen molar-refractivity contribution in [2.75, 3.05) is 11.5 Å². The molecule has 6 heteroatoms. The van der Waals surface area contributed by atoms with E-state index in [4.69, 9.17) is 10.3 Å². The first kappa shape index (κ1) is 12.8. The van der Waals surface area contributed by atoms with Gasteiger partial charge in [-0.25, -0.2) is 0 Å². The van der Waals surface area contributed by atoms with Crippen molar-refractivity contribution in [2.45, 2.75) is 19.8 Å². The van der Waals surface area contributed by atoms with Crippen LogP contribution < -0.4 is 5.73 Å². The highest BCUT2D eigenvalue weighted by Crippen LogP contribution is 2.27. The van der Waals surface area contributed by atoms with Crippen molar-refractivity contribution in [3.63, 3.8) is 0 Å². The number of nitrogen functional groups attached to an aromatic ring is 1. The van der Waals surface area contributed by atoms with Crippen molar-refractivity contribution >= 4 is 15.8 Å². The Bertz CT molecular complexity index is 482. The lowest BCUT2D eigenvalue weighted by Crippen LogP contribution is -2.06. The molecule has 0 saturated heterocycles. The number of rotatable bonds is 4. The number of hydrogen-bond donors (Lipinski definition) is 3. The van der Waals surface area contributed by atoms with E-state index in [9.17, 15) is 13.5 Å². The zero-order chi connectivity index (χ0) is 12.3. The molecule has 90 valence electrons. The Balaban J connectivity index is 2.78. The Morgan fingerprint density at radius 3 is 2.56 bits per heavy atom. The Hall–Kier alpha value is -1.27. The largest absolute Gasteiger partial charge is 0.506 e. The van der Waals surface area contributed by atoms with E-state index in [-0.39, 0.29) is 23.6 Å². The maximum atomic E-state index is 10.5. The molecule has 1 aromatic carbocycles. The van der Waals surface area contributed by atoms with Crippen molar-refractivity contribution < 1.29 is 18.1 Å². The van der Waals surface area contributed by atoms with Gasteiger partial charge in [-0.15, -0.1) is 0 Å². The molecule has 0 saturated carbocycles. The van der Waals surface area contributed by atoms with Gasteiger partial charge in [0.15, 0.2) is 0 Å². The number of phenols is 1. The maximum absolute atomic E-state index is 10.5. The fourth-order valence-electron chi connectivity index (χ4n) is 1.52. The number of nitrogens with two attached hydrogens (primary N) is 1. The highest BCUT2D eigenvalue weighted by atomic mass is 32.2. The van der Waals surface area contributed by atoms with Gasteiger partial charge >= 0.3 is 0 Å². The summed E-state index contributed by atoms with van der Waals surface area (Å²) in [6.45, 7) is 1.83. The van der Waals surface area contributed by atoms with Gasteiger partial charge < -0.3 is 10.8 Å². The molecule has 4 N–H and O–H groups in total. The van der Waals surface area contributed by atoms with E-state index in [1.807, 2.05) is 6.92 Å². The third kappa shape index (κ3) is 3.39. The summed E-state index contributed by atoms with van der Waals surface area (Å²) in [4.78, 5) is 0. The highest BCUT2D eigenvalue weighted by Gasteiger charge is 2.10. The molecule has 0 aliphatic heterocycles. The molecule has 0 heterocycles. The molecule has 0 radical (unpaired) electrons. The molecule has 5 nitrogen and oxygen atoms in total. The monoisotopic (exact) mass is 245 g/mol. The maximum Gasteiger partial charge on any atom is 0.264 e. The van der Waals surface area contributed by atoms with Crippen LogP contribution in [0.4, 0.5) is 5.69 Å². The lowest BCUT2D eigenvalue weighted by atomic mass is 10.0. The van der Waals surface area contributed by atoms with Gasteiger partial charge in [-0.05, 0) is 37.0 Å². The van der Waals surface area contributed by atoms with E-state index < -0.39 is 10.1 Å². The lowest BCUT2D eigenvalue weighted by molar-refractivity contribution is 0.477. The minimum atomic E-state index is -3.93. The van der Waals surface area contributed by atoms with Crippen molar-refractivity contribution in [2.24, 2.45) is 0 Å². The zero-order valence-corrected chi connectivity index (χ0v) is 9.79. The third-order valence-corrected chi connectivity index (χ3v) is 3.20. The predicted octanol–water partition coefficient (Wildman–Crippen LogP) is 1.10. The zero-order valence-electron chi connectivity index (χ0n) is 8.97. The number of aryl methyl sites for hydroxylation is 1. The van der Waals surface area contributed by atoms with Crippen molar-refractivity contribution in [3.8, 4) is 5.75 Å². The molecule has 0 aliphatic rings. The van der Waals surface area contributed by atoms with E-state index in [0.717, 1.165) is 11.1 Å². The lowest BCUT2D eigenvalue weighted by Gasteiger charge is -2.10. The number of phenolic OH excluding ortho intramolecular Hbond substituents is 1. The quantitative estimate of drug-likeness (QED) is 0.419. The summed E-state index contributed by atoms with van der Waals surface area (Å²) in [6, 6.07) is 3.21. The summed E-state index contributed by atoms with van der Waals surface area (Å²) in [5.74, 6) is -0.311. The molecule has 0 aromatic heterocycles. The second kappa shape index (κ2) is 4.71. The molecule has 0 spiro atoms. The summed E-state index contributed by atoms with van der Waals surface area (Å²) < 4.78 is 29.6. The number of anilines is 1. The normalized spacial score (nSPS) is 11.6. The number of benzene rings is 1. The molecule has 0 atom stereocenters. The van der Waals surface area contributed by atoms with Gasteiger partial charge in [0.05, 0.1) is 11.4 Å².